The van der Waals surface area contributed by atoms with Crippen molar-refractivity contribution in [3.8, 4) is 5.75 Å². The molecule has 1 atom stereocenters. The van der Waals surface area contributed by atoms with E-state index < -0.39 is 6.04 Å². The highest BCUT2D eigenvalue weighted by atomic mass is 16.5. The number of para-hydroxylation sites is 2. The van der Waals surface area contributed by atoms with Crippen molar-refractivity contribution in [2.75, 3.05) is 51.3 Å². The lowest BCUT2D eigenvalue weighted by Gasteiger charge is -2.37. The third-order valence-corrected chi connectivity index (χ3v) is 6.97. The van der Waals surface area contributed by atoms with Crippen molar-refractivity contribution in [2.45, 2.75) is 44.6 Å². The van der Waals surface area contributed by atoms with Crippen LogP contribution in [0.5, 0.6) is 5.75 Å². The van der Waals surface area contributed by atoms with Crippen LogP contribution in [0.1, 0.15) is 38.5 Å². The summed E-state index contributed by atoms with van der Waals surface area (Å²) in [7, 11) is 1.68. The maximum absolute atomic E-state index is 12.8. The topological polar surface area (TPSA) is 82.2 Å². The first-order chi connectivity index (χ1) is 15.6. The molecule has 3 fully saturated rings. The molecule has 8 heteroatoms. The number of anilines is 1. The number of piperazine rings is 1. The molecule has 2 aliphatic heterocycles. The Morgan fingerprint density at radius 3 is 2.47 bits per heavy atom. The first-order valence-electron chi connectivity index (χ1n) is 11.8. The Morgan fingerprint density at radius 2 is 1.75 bits per heavy atom. The zero-order valence-electron chi connectivity index (χ0n) is 18.9. The Morgan fingerprint density at radius 1 is 1.03 bits per heavy atom. The molecule has 32 heavy (non-hydrogen) atoms. The van der Waals surface area contributed by atoms with Crippen LogP contribution in [0.15, 0.2) is 24.3 Å². The first-order valence-corrected chi connectivity index (χ1v) is 11.8. The van der Waals surface area contributed by atoms with Gasteiger partial charge in [0.05, 0.1) is 19.2 Å². The van der Waals surface area contributed by atoms with E-state index in [0.717, 1.165) is 63.3 Å². The smallest absolute Gasteiger partial charge is 0.252 e. The molecule has 0 radical (unpaired) electrons. The van der Waals surface area contributed by atoms with Gasteiger partial charge in [0.15, 0.2) is 0 Å². The summed E-state index contributed by atoms with van der Waals surface area (Å²) in [6, 6.07) is 7.32. The molecule has 2 saturated heterocycles. The molecule has 0 bridgehead atoms. The van der Waals surface area contributed by atoms with Crippen molar-refractivity contribution in [1.29, 1.82) is 0 Å². The number of hydrogen-bond acceptors (Lipinski definition) is 6. The Kier molecular flexibility index (Phi) is 7.29. The molecule has 8 nitrogen and oxygen atoms in total. The average Bonchev–Trinajstić information content (AvgIpc) is 3.10. The molecule has 1 N–H and O–H groups in total. The normalized spacial score (nSPS) is 23.0. The molecule has 1 aromatic carbocycles. The highest BCUT2D eigenvalue weighted by molar-refractivity contribution is 6.07. The van der Waals surface area contributed by atoms with Crippen LogP contribution in [0.25, 0.3) is 0 Å². The first kappa shape index (κ1) is 22.6. The second kappa shape index (κ2) is 10.3. The van der Waals surface area contributed by atoms with Crippen LogP contribution < -0.4 is 15.0 Å². The number of carbonyl (C=O) groups is 3. The Bertz CT molecular complexity index is 831. The van der Waals surface area contributed by atoms with Gasteiger partial charge in [0.25, 0.3) is 5.91 Å². The van der Waals surface area contributed by atoms with Gasteiger partial charge in [0, 0.05) is 45.2 Å². The van der Waals surface area contributed by atoms with Crippen molar-refractivity contribution in [2.24, 2.45) is 5.92 Å². The molecule has 1 aromatic rings. The lowest BCUT2D eigenvalue weighted by atomic mass is 9.88. The summed E-state index contributed by atoms with van der Waals surface area (Å²) < 4.78 is 5.47. The predicted molar refractivity (Wildman–Crippen MR) is 121 cm³/mol. The number of imide groups is 1. The molecule has 0 spiro atoms. The molecule has 1 aliphatic carbocycles. The van der Waals surface area contributed by atoms with Gasteiger partial charge in [-0.1, -0.05) is 31.4 Å². The summed E-state index contributed by atoms with van der Waals surface area (Å²) in [4.78, 5) is 43.6. The van der Waals surface area contributed by atoms with Gasteiger partial charge in [-0.3, -0.25) is 24.2 Å². The molecule has 3 aliphatic rings. The van der Waals surface area contributed by atoms with Gasteiger partial charge in [-0.25, -0.2) is 0 Å². The molecule has 1 unspecified atom stereocenters. The lowest BCUT2D eigenvalue weighted by molar-refractivity contribution is -0.140. The zero-order valence-corrected chi connectivity index (χ0v) is 18.9. The van der Waals surface area contributed by atoms with Crippen LogP contribution in [0.3, 0.4) is 0 Å². The number of methoxy groups -OCH3 is 1. The second-order valence-electron chi connectivity index (χ2n) is 8.98. The maximum atomic E-state index is 12.8. The van der Waals surface area contributed by atoms with Crippen LogP contribution in [0.2, 0.25) is 0 Å². The Labute approximate surface area is 189 Å². The van der Waals surface area contributed by atoms with E-state index >= 15 is 0 Å². The number of amides is 3. The van der Waals surface area contributed by atoms with Crippen molar-refractivity contribution >= 4 is 23.4 Å². The lowest BCUT2D eigenvalue weighted by Crippen LogP contribution is -2.50. The fraction of sp³-hybridized carbons (Fsp3) is 0.625. The van der Waals surface area contributed by atoms with Gasteiger partial charge in [0.2, 0.25) is 11.8 Å². The minimum Gasteiger partial charge on any atom is -0.495 e. The summed E-state index contributed by atoms with van der Waals surface area (Å²) in [5.41, 5.74) is 1.09. The van der Waals surface area contributed by atoms with Gasteiger partial charge in [-0.2, -0.15) is 0 Å². The third-order valence-electron chi connectivity index (χ3n) is 6.97. The molecule has 2 heterocycles. The van der Waals surface area contributed by atoms with E-state index in [2.05, 4.69) is 21.2 Å². The van der Waals surface area contributed by atoms with E-state index in [1.54, 1.807) is 7.11 Å². The number of carbonyl (C=O) groups excluding carboxylic acids is 3. The van der Waals surface area contributed by atoms with Gasteiger partial charge in [-0.05, 0) is 25.0 Å². The highest BCUT2D eigenvalue weighted by Crippen LogP contribution is 2.28. The number of likely N-dealkylation sites (tertiary alicyclic amines) is 1. The number of rotatable bonds is 7. The van der Waals surface area contributed by atoms with Gasteiger partial charge in [0.1, 0.15) is 11.8 Å². The molecule has 4 rings (SSSR count). The third kappa shape index (κ3) is 5.06. The Balaban J connectivity index is 1.24. The van der Waals surface area contributed by atoms with Crippen LogP contribution in [0.4, 0.5) is 5.69 Å². The van der Waals surface area contributed by atoms with Crippen molar-refractivity contribution < 1.29 is 19.1 Å². The number of ether oxygens (including phenoxy) is 1. The van der Waals surface area contributed by atoms with E-state index in [9.17, 15) is 14.4 Å². The number of nitrogens with one attached hydrogen (secondary N) is 1. The Hall–Kier alpha value is -2.61. The quantitative estimate of drug-likeness (QED) is 0.647. The fourth-order valence-corrected chi connectivity index (χ4v) is 5.03. The number of benzene rings is 1. The summed E-state index contributed by atoms with van der Waals surface area (Å²) in [6.45, 7) is 4.47. The summed E-state index contributed by atoms with van der Waals surface area (Å²) in [5.74, 6) is 0.351. The number of nitrogens with zero attached hydrogens (tertiary/aromatic N) is 3. The van der Waals surface area contributed by atoms with E-state index in [-0.39, 0.29) is 30.1 Å². The van der Waals surface area contributed by atoms with Crippen LogP contribution in [-0.2, 0) is 14.4 Å². The maximum Gasteiger partial charge on any atom is 0.252 e. The van der Waals surface area contributed by atoms with Crippen molar-refractivity contribution in [3.05, 3.63) is 24.3 Å². The largest absolute Gasteiger partial charge is 0.495 e. The minimum absolute atomic E-state index is 0.0137. The summed E-state index contributed by atoms with van der Waals surface area (Å²) in [5, 5.41) is 2.85. The SMILES string of the molecule is COc1ccccc1N1CCN(CCN2C(=O)CC(NC(=O)C3CCCCC3)C2=O)CC1. The van der Waals surface area contributed by atoms with Gasteiger partial charge >= 0.3 is 0 Å². The summed E-state index contributed by atoms with van der Waals surface area (Å²) in [6.07, 6.45) is 5.14. The van der Waals surface area contributed by atoms with Gasteiger partial charge < -0.3 is 15.0 Å². The van der Waals surface area contributed by atoms with Gasteiger partial charge in [-0.15, -0.1) is 0 Å². The number of hydrogen-bond donors (Lipinski definition) is 1. The molecule has 174 valence electrons. The predicted octanol–water partition coefficient (Wildman–Crippen LogP) is 1.64. The zero-order chi connectivity index (χ0) is 22.5. The second-order valence-corrected chi connectivity index (χ2v) is 8.98. The highest BCUT2D eigenvalue weighted by Gasteiger charge is 2.40. The van der Waals surface area contributed by atoms with E-state index in [1.165, 1.54) is 11.3 Å². The molecular weight excluding hydrogens is 408 g/mol. The summed E-state index contributed by atoms with van der Waals surface area (Å²) >= 11 is 0. The van der Waals surface area contributed by atoms with E-state index in [4.69, 9.17) is 4.74 Å². The standard InChI is InChI=1S/C24H34N4O4/c1-32-21-10-6-5-9-20(21)27-14-11-26(12-15-27)13-16-28-22(29)17-19(24(28)31)25-23(30)18-7-3-2-4-8-18/h5-6,9-10,18-19H,2-4,7-8,11-17H2,1H3,(H,25,30). The van der Waals surface area contributed by atoms with Crippen molar-refractivity contribution in [3.63, 3.8) is 0 Å². The average molecular weight is 443 g/mol. The molecule has 0 aromatic heterocycles. The minimum atomic E-state index is -0.695. The molecular formula is C24H34N4O4. The van der Waals surface area contributed by atoms with Crippen LogP contribution in [0, 0.1) is 5.92 Å². The van der Waals surface area contributed by atoms with Crippen molar-refractivity contribution in [1.82, 2.24) is 15.1 Å². The van der Waals surface area contributed by atoms with Crippen LogP contribution in [-0.4, -0.2) is 79.9 Å². The monoisotopic (exact) mass is 442 g/mol. The van der Waals surface area contributed by atoms with E-state index in [1.807, 2.05) is 18.2 Å². The molecule has 3 amide bonds. The fourth-order valence-electron chi connectivity index (χ4n) is 5.03. The van der Waals surface area contributed by atoms with Crippen LogP contribution >= 0.6 is 0 Å². The van der Waals surface area contributed by atoms with E-state index in [0.29, 0.717) is 13.1 Å². The molecule has 1 saturated carbocycles.